The topological polar surface area (TPSA) is 20.3 Å². The molecule has 0 bridgehead atoms. The number of nitrogens with zero attached hydrogens (tertiary/aromatic N) is 1. The summed E-state index contributed by atoms with van der Waals surface area (Å²) in [5.74, 6) is 0.104. The Labute approximate surface area is 148 Å². The predicted octanol–water partition coefficient (Wildman–Crippen LogP) is 4.78. The molecule has 0 radical (unpaired) electrons. The molecule has 3 aromatic rings. The molecule has 0 spiro atoms. The Morgan fingerprint density at radius 2 is 1.68 bits per heavy atom. The normalized spacial score (nSPS) is 16.4. The van der Waals surface area contributed by atoms with Gasteiger partial charge in [-0.3, -0.25) is 4.79 Å². The highest BCUT2D eigenvalue weighted by Crippen LogP contribution is 2.35. The summed E-state index contributed by atoms with van der Waals surface area (Å²) < 4.78 is 0. The molecule has 3 aromatic carbocycles. The van der Waals surface area contributed by atoms with Crippen LogP contribution in [-0.4, -0.2) is 17.4 Å². The summed E-state index contributed by atoms with van der Waals surface area (Å²) in [6, 6.07) is 26.7. The first-order chi connectivity index (χ1) is 12.2. The van der Waals surface area contributed by atoms with Gasteiger partial charge in [0.05, 0.1) is 6.04 Å². The minimum Gasteiger partial charge on any atom is -0.327 e. The molecular formula is C23H21NO. The largest absolute Gasteiger partial charge is 0.327 e. The van der Waals surface area contributed by atoms with Gasteiger partial charge in [-0.15, -0.1) is 0 Å². The average Bonchev–Trinajstić information content (AvgIpc) is 2.67. The summed E-state index contributed by atoms with van der Waals surface area (Å²) in [6.07, 6.45) is 0.900. The second-order valence-electron chi connectivity index (χ2n) is 6.63. The molecule has 0 saturated heterocycles. The number of hydrogen-bond donors (Lipinski definition) is 0. The Morgan fingerprint density at radius 1 is 0.920 bits per heavy atom. The summed E-state index contributed by atoms with van der Waals surface area (Å²) in [4.78, 5) is 15.3. The summed E-state index contributed by atoms with van der Waals surface area (Å²) in [6.45, 7) is 2.76. The maximum Gasteiger partial charge on any atom is 0.254 e. The first-order valence-corrected chi connectivity index (χ1v) is 8.74. The minimum absolute atomic E-state index is 0.0286. The fourth-order valence-corrected chi connectivity index (χ4v) is 3.72. The lowest BCUT2D eigenvalue weighted by Gasteiger charge is -2.38. The van der Waals surface area contributed by atoms with Gasteiger partial charge in [0.25, 0.3) is 5.91 Å². The smallest absolute Gasteiger partial charge is 0.254 e. The van der Waals surface area contributed by atoms with E-state index < -0.39 is 0 Å². The van der Waals surface area contributed by atoms with E-state index in [2.05, 4.69) is 36.4 Å². The molecular weight excluding hydrogens is 306 g/mol. The summed E-state index contributed by atoms with van der Waals surface area (Å²) in [5.41, 5.74) is 5.61. The van der Waals surface area contributed by atoms with Crippen LogP contribution in [0.1, 0.15) is 38.7 Å². The van der Waals surface area contributed by atoms with Gasteiger partial charge in [0.1, 0.15) is 0 Å². The Kier molecular flexibility index (Phi) is 4.10. The molecule has 1 unspecified atom stereocenters. The minimum atomic E-state index is -0.0286. The van der Waals surface area contributed by atoms with Crippen molar-refractivity contribution in [2.45, 2.75) is 19.4 Å². The summed E-state index contributed by atoms with van der Waals surface area (Å²) in [5, 5.41) is 0. The van der Waals surface area contributed by atoms with Gasteiger partial charge in [0, 0.05) is 12.1 Å². The highest BCUT2D eigenvalue weighted by atomic mass is 16.2. The van der Waals surface area contributed by atoms with Crippen LogP contribution in [0.25, 0.3) is 0 Å². The van der Waals surface area contributed by atoms with Crippen LogP contribution in [0.2, 0.25) is 0 Å². The van der Waals surface area contributed by atoms with Crippen LogP contribution in [-0.2, 0) is 6.42 Å². The molecule has 1 aliphatic rings. The van der Waals surface area contributed by atoms with Gasteiger partial charge in [0.15, 0.2) is 0 Å². The van der Waals surface area contributed by atoms with E-state index in [-0.39, 0.29) is 11.9 Å². The molecule has 1 atom stereocenters. The van der Waals surface area contributed by atoms with Crippen molar-refractivity contribution in [1.29, 1.82) is 0 Å². The summed E-state index contributed by atoms with van der Waals surface area (Å²) in [7, 11) is 0. The third-order valence-electron chi connectivity index (χ3n) is 4.92. The molecule has 0 aromatic heterocycles. The van der Waals surface area contributed by atoms with Crippen LogP contribution < -0.4 is 0 Å². The van der Waals surface area contributed by atoms with Crippen molar-refractivity contribution in [2.24, 2.45) is 0 Å². The molecule has 2 nitrogen and oxygen atoms in total. The van der Waals surface area contributed by atoms with Gasteiger partial charge in [-0.05, 0) is 42.2 Å². The van der Waals surface area contributed by atoms with Crippen molar-refractivity contribution in [2.75, 3.05) is 6.54 Å². The van der Waals surface area contributed by atoms with Crippen LogP contribution in [0.5, 0.6) is 0 Å². The fourth-order valence-electron chi connectivity index (χ4n) is 3.72. The number of amides is 1. The zero-order valence-corrected chi connectivity index (χ0v) is 14.4. The predicted molar refractivity (Wildman–Crippen MR) is 101 cm³/mol. The van der Waals surface area contributed by atoms with Gasteiger partial charge in [-0.2, -0.15) is 0 Å². The van der Waals surface area contributed by atoms with E-state index in [1.165, 1.54) is 11.1 Å². The van der Waals surface area contributed by atoms with Crippen molar-refractivity contribution >= 4 is 5.91 Å². The van der Waals surface area contributed by atoms with E-state index in [4.69, 9.17) is 0 Å². The molecule has 4 rings (SSSR count). The third kappa shape index (κ3) is 2.96. The Balaban J connectivity index is 1.80. The number of fused-ring (bicyclic) bond motifs is 1. The van der Waals surface area contributed by atoms with E-state index in [0.717, 1.165) is 29.7 Å². The van der Waals surface area contributed by atoms with Gasteiger partial charge < -0.3 is 4.90 Å². The lowest BCUT2D eigenvalue weighted by Crippen LogP contribution is -2.40. The average molecular weight is 327 g/mol. The first kappa shape index (κ1) is 15.6. The molecule has 0 N–H and O–H groups in total. The van der Waals surface area contributed by atoms with Crippen LogP contribution in [0, 0.1) is 6.92 Å². The number of benzene rings is 3. The zero-order chi connectivity index (χ0) is 17.2. The lowest BCUT2D eigenvalue weighted by atomic mass is 9.87. The quantitative estimate of drug-likeness (QED) is 0.663. The van der Waals surface area contributed by atoms with E-state index in [9.17, 15) is 4.79 Å². The Bertz CT molecular complexity index is 901. The van der Waals surface area contributed by atoms with Gasteiger partial charge in [-0.1, -0.05) is 72.3 Å². The van der Waals surface area contributed by atoms with Crippen molar-refractivity contribution in [3.05, 3.63) is 107 Å². The van der Waals surface area contributed by atoms with E-state index in [1.54, 1.807) is 0 Å². The molecule has 124 valence electrons. The molecule has 1 aliphatic heterocycles. The van der Waals surface area contributed by atoms with Crippen LogP contribution in [0.3, 0.4) is 0 Å². The molecule has 0 fully saturated rings. The number of hydrogen-bond acceptors (Lipinski definition) is 1. The lowest BCUT2D eigenvalue weighted by molar-refractivity contribution is 0.0694. The van der Waals surface area contributed by atoms with E-state index in [0.29, 0.717) is 0 Å². The monoisotopic (exact) mass is 327 g/mol. The summed E-state index contributed by atoms with van der Waals surface area (Å²) >= 11 is 0. The SMILES string of the molecule is Cc1cccc(C(=O)N2CCc3ccccc3C2c2ccccc2)c1. The van der Waals surface area contributed by atoms with Crippen molar-refractivity contribution in [3.63, 3.8) is 0 Å². The Morgan fingerprint density at radius 3 is 2.48 bits per heavy atom. The number of rotatable bonds is 2. The molecule has 1 amide bonds. The van der Waals surface area contributed by atoms with Crippen molar-refractivity contribution in [1.82, 2.24) is 4.90 Å². The molecule has 2 heteroatoms. The standard InChI is InChI=1S/C23H21NO/c1-17-8-7-12-20(16-17)23(25)24-15-14-18-9-5-6-13-21(18)22(24)19-10-3-2-4-11-19/h2-13,16,22H,14-15H2,1H3. The van der Waals surface area contributed by atoms with Gasteiger partial charge >= 0.3 is 0 Å². The number of carbonyl (C=O) groups is 1. The van der Waals surface area contributed by atoms with Crippen LogP contribution in [0.4, 0.5) is 0 Å². The van der Waals surface area contributed by atoms with Crippen LogP contribution >= 0.6 is 0 Å². The van der Waals surface area contributed by atoms with Crippen LogP contribution in [0.15, 0.2) is 78.9 Å². The van der Waals surface area contributed by atoms with Gasteiger partial charge in [-0.25, -0.2) is 0 Å². The molecule has 1 heterocycles. The maximum absolute atomic E-state index is 13.3. The highest BCUT2D eigenvalue weighted by Gasteiger charge is 2.32. The first-order valence-electron chi connectivity index (χ1n) is 8.74. The highest BCUT2D eigenvalue weighted by molar-refractivity contribution is 5.95. The third-order valence-corrected chi connectivity index (χ3v) is 4.92. The fraction of sp³-hybridized carbons (Fsp3) is 0.174. The van der Waals surface area contributed by atoms with E-state index >= 15 is 0 Å². The van der Waals surface area contributed by atoms with Crippen molar-refractivity contribution < 1.29 is 4.79 Å². The van der Waals surface area contributed by atoms with Gasteiger partial charge in [0.2, 0.25) is 0 Å². The second-order valence-corrected chi connectivity index (χ2v) is 6.63. The second kappa shape index (κ2) is 6.56. The van der Waals surface area contributed by atoms with Crippen molar-refractivity contribution in [3.8, 4) is 0 Å². The number of aryl methyl sites for hydroxylation is 1. The molecule has 25 heavy (non-hydrogen) atoms. The Hall–Kier alpha value is -2.87. The van der Waals surface area contributed by atoms with E-state index in [1.807, 2.05) is 54.3 Å². The maximum atomic E-state index is 13.3. The molecule has 0 aliphatic carbocycles. The molecule has 0 saturated carbocycles. The zero-order valence-electron chi connectivity index (χ0n) is 14.4. The number of carbonyl (C=O) groups excluding carboxylic acids is 1.